The van der Waals surface area contributed by atoms with Crippen LogP contribution in [0.3, 0.4) is 0 Å². The maximum Gasteiger partial charge on any atom is 0.337 e. The molecule has 2 atom stereocenters. The molecule has 1 aliphatic heterocycles. The van der Waals surface area contributed by atoms with Gasteiger partial charge in [0.1, 0.15) is 5.82 Å². The first-order valence-electron chi connectivity index (χ1n) is 9.08. The van der Waals surface area contributed by atoms with Gasteiger partial charge in [-0.25, -0.2) is 9.18 Å². The van der Waals surface area contributed by atoms with Crippen LogP contribution in [0, 0.1) is 5.82 Å². The number of benzene rings is 2. The maximum absolute atomic E-state index is 15.0. The number of aromatic nitrogens is 2. The highest BCUT2D eigenvalue weighted by Crippen LogP contribution is 2.33. The summed E-state index contributed by atoms with van der Waals surface area (Å²) >= 11 is 0. The van der Waals surface area contributed by atoms with E-state index in [1.807, 2.05) is 6.07 Å². The third kappa shape index (κ3) is 3.24. The van der Waals surface area contributed by atoms with Gasteiger partial charge < -0.3 is 9.64 Å². The molecule has 9 nitrogen and oxygen atoms in total. The quantitative estimate of drug-likeness (QED) is 0.280. The molecule has 1 aliphatic rings. The normalized spacial score (nSPS) is 20.7. The first kappa shape index (κ1) is 19.4. The van der Waals surface area contributed by atoms with Crippen LogP contribution < -0.4 is 10.6 Å². The van der Waals surface area contributed by atoms with Crippen molar-refractivity contribution < 1.29 is 13.9 Å². The predicted molar refractivity (Wildman–Crippen MR) is 107 cm³/mol. The van der Waals surface area contributed by atoms with E-state index in [-0.39, 0.29) is 12.2 Å². The van der Waals surface area contributed by atoms with Crippen molar-refractivity contribution >= 4 is 12.0 Å². The number of nitrogens with zero attached hydrogens (tertiary/aromatic N) is 6. The molecule has 2 aromatic carbocycles. The number of carbonyl (C=O) groups is 1. The molecule has 152 valence electrons. The van der Waals surface area contributed by atoms with E-state index in [9.17, 15) is 14.0 Å². The molecule has 0 saturated carbocycles. The molecule has 0 N–H and O–H groups in total. The van der Waals surface area contributed by atoms with Crippen molar-refractivity contribution in [2.75, 3.05) is 11.4 Å². The lowest BCUT2D eigenvalue weighted by atomic mass is 10.2. The second-order valence-electron chi connectivity index (χ2n) is 6.85. The predicted octanol–water partition coefficient (Wildman–Crippen LogP) is 3.16. The molecule has 0 amide bonds. The number of rotatable bonds is 5. The van der Waals surface area contributed by atoms with Gasteiger partial charge in [-0.2, -0.15) is 0 Å². The molecule has 2 unspecified atom stereocenters. The number of aldehydes is 1. The Morgan fingerprint density at radius 3 is 2.60 bits per heavy atom. The summed E-state index contributed by atoms with van der Waals surface area (Å²) in [5, 5.41) is 3.49. The molecular formula is C20H17FN6O3. The number of hydrogen-bond donors (Lipinski definition) is 0. The van der Waals surface area contributed by atoms with Gasteiger partial charge in [-0.15, -0.1) is 0 Å². The van der Waals surface area contributed by atoms with Crippen molar-refractivity contribution in [2.45, 2.75) is 18.9 Å². The first-order chi connectivity index (χ1) is 14.5. The fraction of sp³-hybridized carbons (Fsp3) is 0.200. The largest absolute Gasteiger partial charge is 0.338 e. The lowest BCUT2D eigenvalue weighted by molar-refractivity contribution is -0.127. The zero-order valence-electron chi connectivity index (χ0n) is 15.9. The summed E-state index contributed by atoms with van der Waals surface area (Å²) in [6.07, 6.45) is 2.73. The van der Waals surface area contributed by atoms with Crippen LogP contribution in [0.4, 0.5) is 10.1 Å². The van der Waals surface area contributed by atoms with E-state index in [1.165, 1.54) is 39.3 Å². The Balaban J connectivity index is 1.70. The van der Waals surface area contributed by atoms with Gasteiger partial charge in [0.2, 0.25) is 0 Å². The average molecular weight is 408 g/mol. The summed E-state index contributed by atoms with van der Waals surface area (Å²) < 4.78 is 23.1. The summed E-state index contributed by atoms with van der Waals surface area (Å²) in [5.74, 6) is -0.652. The molecule has 1 aromatic heterocycles. The Hall–Kier alpha value is -3.88. The van der Waals surface area contributed by atoms with Crippen molar-refractivity contribution in [1.82, 2.24) is 9.13 Å². The smallest absolute Gasteiger partial charge is 0.337 e. The molecule has 1 fully saturated rings. The highest BCUT2D eigenvalue weighted by molar-refractivity contribution is 5.71. The average Bonchev–Trinajstić information content (AvgIpc) is 3.29. The Morgan fingerprint density at radius 1 is 1.20 bits per heavy atom. The number of ether oxygens (including phenoxy) is 1. The topological polar surface area (TPSA) is 105 Å². The van der Waals surface area contributed by atoms with Crippen molar-refractivity contribution in [3.05, 3.63) is 87.7 Å². The van der Waals surface area contributed by atoms with Gasteiger partial charge in [0.25, 0.3) is 0 Å². The molecule has 0 radical (unpaired) electrons. The fourth-order valence-electron chi connectivity index (χ4n) is 3.49. The van der Waals surface area contributed by atoms with Crippen molar-refractivity contribution in [3.63, 3.8) is 0 Å². The van der Waals surface area contributed by atoms with Gasteiger partial charge in [0.05, 0.1) is 17.9 Å². The molecule has 0 aliphatic carbocycles. The van der Waals surface area contributed by atoms with Crippen LogP contribution in [0.25, 0.3) is 21.8 Å². The van der Waals surface area contributed by atoms with Crippen molar-refractivity contribution in [3.8, 4) is 11.4 Å². The van der Waals surface area contributed by atoms with Gasteiger partial charge in [-0.1, -0.05) is 23.3 Å². The summed E-state index contributed by atoms with van der Waals surface area (Å²) in [6, 6.07) is 13.2. The Bertz CT molecular complexity index is 1200. The van der Waals surface area contributed by atoms with Crippen LogP contribution in [0.1, 0.15) is 6.92 Å². The van der Waals surface area contributed by atoms with E-state index in [1.54, 1.807) is 36.5 Å². The second kappa shape index (κ2) is 7.51. The zero-order chi connectivity index (χ0) is 21.3. The highest BCUT2D eigenvalue weighted by Gasteiger charge is 2.43. The van der Waals surface area contributed by atoms with Crippen molar-refractivity contribution in [1.29, 1.82) is 0 Å². The maximum atomic E-state index is 15.0. The van der Waals surface area contributed by atoms with Gasteiger partial charge in [0.15, 0.2) is 18.2 Å². The minimum absolute atomic E-state index is 0.0675. The fourth-order valence-corrected chi connectivity index (χ4v) is 3.49. The van der Waals surface area contributed by atoms with E-state index >= 15 is 0 Å². The minimum atomic E-state index is -1.40. The molecule has 4 rings (SSSR count). The summed E-state index contributed by atoms with van der Waals surface area (Å²) in [6.45, 7) is 1.59. The van der Waals surface area contributed by atoms with Gasteiger partial charge in [-0.3, -0.25) is 13.9 Å². The number of azide groups is 1. The Kier molecular flexibility index (Phi) is 4.86. The number of anilines is 1. The monoisotopic (exact) mass is 408 g/mol. The second-order valence-corrected chi connectivity index (χ2v) is 6.85. The third-order valence-electron chi connectivity index (χ3n) is 4.96. The molecule has 2 heterocycles. The zero-order valence-corrected chi connectivity index (χ0v) is 15.9. The number of carbonyl (C=O) groups excluding carboxylic acids is 1. The molecule has 1 saturated heterocycles. The number of imidazole rings is 1. The first-order valence-corrected chi connectivity index (χ1v) is 9.08. The summed E-state index contributed by atoms with van der Waals surface area (Å²) in [5.41, 5.74) is 7.89. The lowest BCUT2D eigenvalue weighted by Gasteiger charge is -2.30. The molecule has 10 heteroatoms. The molecule has 3 aromatic rings. The van der Waals surface area contributed by atoms with E-state index in [2.05, 4.69) is 10.0 Å². The van der Waals surface area contributed by atoms with Gasteiger partial charge in [0, 0.05) is 23.0 Å². The SMILES string of the molecule is CC1(C=O)OC(N=[N+]=[N-])CN1c1ccc(-n2ccn(-c3ccccc3)c2=O)c(F)c1. The van der Waals surface area contributed by atoms with Crippen LogP contribution in [0.5, 0.6) is 0 Å². The van der Waals surface area contributed by atoms with Crippen LogP contribution in [-0.2, 0) is 9.53 Å². The van der Waals surface area contributed by atoms with E-state index < -0.39 is 23.5 Å². The molecule has 0 spiro atoms. The Labute approximate surface area is 170 Å². The standard InChI is InChI=1S/C20H17FN6O3/c1-20(13-28)27(12-18(30-20)23-24-22)15-7-8-17(16(21)11-15)26-10-9-25(19(26)29)14-5-3-2-4-6-14/h2-11,13,18H,12H2,1H3. The van der Waals surface area contributed by atoms with E-state index in [0.29, 0.717) is 17.7 Å². The van der Waals surface area contributed by atoms with E-state index in [4.69, 9.17) is 10.3 Å². The number of halogens is 1. The van der Waals surface area contributed by atoms with Crippen LogP contribution in [0.2, 0.25) is 0 Å². The number of para-hydroxylation sites is 1. The highest BCUT2D eigenvalue weighted by atomic mass is 19.1. The van der Waals surface area contributed by atoms with Gasteiger partial charge >= 0.3 is 5.69 Å². The van der Waals surface area contributed by atoms with E-state index in [0.717, 1.165) is 0 Å². The summed E-state index contributed by atoms with van der Waals surface area (Å²) in [7, 11) is 0. The van der Waals surface area contributed by atoms with Crippen molar-refractivity contribution in [2.24, 2.45) is 5.11 Å². The molecule has 0 bridgehead atoms. The molecule has 30 heavy (non-hydrogen) atoms. The van der Waals surface area contributed by atoms with Gasteiger partial charge in [-0.05, 0) is 42.8 Å². The molecular weight excluding hydrogens is 391 g/mol. The summed E-state index contributed by atoms with van der Waals surface area (Å²) in [4.78, 5) is 28.5. The third-order valence-corrected chi connectivity index (χ3v) is 4.96. The van der Waals surface area contributed by atoms with Crippen LogP contribution in [-0.4, -0.2) is 33.9 Å². The Morgan fingerprint density at radius 2 is 1.93 bits per heavy atom. The minimum Gasteiger partial charge on any atom is -0.338 e. The van der Waals surface area contributed by atoms with Crippen LogP contribution in [0.15, 0.2) is 70.8 Å². The number of hydrogen-bond acceptors (Lipinski definition) is 5. The van der Waals surface area contributed by atoms with Crippen LogP contribution >= 0.6 is 0 Å². The lowest BCUT2D eigenvalue weighted by Crippen LogP contribution is -2.43.